The van der Waals surface area contributed by atoms with E-state index >= 15 is 0 Å². The lowest BCUT2D eigenvalue weighted by molar-refractivity contribution is 0.471. The summed E-state index contributed by atoms with van der Waals surface area (Å²) in [7, 11) is -2.87. The van der Waals surface area contributed by atoms with Crippen molar-refractivity contribution in [2.75, 3.05) is 12.8 Å². The van der Waals surface area contributed by atoms with Gasteiger partial charge < -0.3 is 5.32 Å². The maximum atomic E-state index is 11.5. The van der Waals surface area contributed by atoms with Gasteiger partial charge in [-0.1, -0.05) is 20.3 Å². The second-order valence-electron chi connectivity index (χ2n) is 5.40. The second-order valence-corrected chi connectivity index (χ2v) is 7.66. The molecule has 0 heterocycles. The highest BCUT2D eigenvalue weighted by Crippen LogP contribution is 2.25. The Kier molecular flexibility index (Phi) is 5.25. The van der Waals surface area contributed by atoms with Crippen molar-refractivity contribution in [2.45, 2.75) is 57.2 Å². The van der Waals surface area contributed by atoms with Crippen LogP contribution in [0.5, 0.6) is 0 Å². The number of hydrogen-bond donors (Lipinski definition) is 1. The highest BCUT2D eigenvalue weighted by atomic mass is 32.2. The van der Waals surface area contributed by atoms with E-state index in [4.69, 9.17) is 0 Å². The van der Waals surface area contributed by atoms with Crippen molar-refractivity contribution in [3.63, 3.8) is 0 Å². The van der Waals surface area contributed by atoms with Gasteiger partial charge in [-0.25, -0.2) is 8.42 Å². The molecule has 0 aliphatic heterocycles. The number of rotatable bonds is 6. The molecule has 96 valence electrons. The Morgan fingerprint density at radius 1 is 1.31 bits per heavy atom. The summed E-state index contributed by atoms with van der Waals surface area (Å²) in [5.41, 5.74) is 0. The van der Waals surface area contributed by atoms with Crippen LogP contribution < -0.4 is 5.32 Å². The van der Waals surface area contributed by atoms with Gasteiger partial charge in [0, 0.05) is 12.3 Å². The number of sulfone groups is 1. The minimum absolute atomic E-state index is 0.147. The minimum Gasteiger partial charge on any atom is -0.313 e. The van der Waals surface area contributed by atoms with Crippen molar-refractivity contribution < 1.29 is 8.42 Å². The first-order valence-electron chi connectivity index (χ1n) is 6.33. The van der Waals surface area contributed by atoms with Crippen LogP contribution in [0.4, 0.5) is 0 Å². The topological polar surface area (TPSA) is 46.2 Å². The van der Waals surface area contributed by atoms with Crippen LogP contribution in [0.25, 0.3) is 0 Å². The SMILES string of the molecule is CC(C)CCCNC1CCCC1S(C)(=O)=O. The molecule has 1 aliphatic carbocycles. The van der Waals surface area contributed by atoms with Gasteiger partial charge in [0.2, 0.25) is 0 Å². The molecule has 1 N–H and O–H groups in total. The van der Waals surface area contributed by atoms with Gasteiger partial charge in [0.05, 0.1) is 5.25 Å². The second kappa shape index (κ2) is 6.01. The molecule has 1 aliphatic rings. The van der Waals surface area contributed by atoms with Gasteiger partial charge in [0.15, 0.2) is 9.84 Å². The Balaban J connectivity index is 2.31. The van der Waals surface area contributed by atoms with E-state index in [1.807, 2.05) is 0 Å². The Hall–Kier alpha value is -0.0900. The molecule has 16 heavy (non-hydrogen) atoms. The Labute approximate surface area is 99.9 Å². The van der Waals surface area contributed by atoms with Crippen LogP contribution in [0.1, 0.15) is 46.0 Å². The molecule has 0 radical (unpaired) electrons. The fourth-order valence-corrected chi connectivity index (χ4v) is 3.89. The Morgan fingerprint density at radius 3 is 2.56 bits per heavy atom. The van der Waals surface area contributed by atoms with Crippen molar-refractivity contribution in [3.05, 3.63) is 0 Å². The molecule has 1 fully saturated rings. The van der Waals surface area contributed by atoms with E-state index in [2.05, 4.69) is 19.2 Å². The van der Waals surface area contributed by atoms with Crippen LogP contribution in [0.2, 0.25) is 0 Å². The van der Waals surface area contributed by atoms with Crippen LogP contribution in [-0.4, -0.2) is 32.5 Å². The van der Waals surface area contributed by atoms with Crippen LogP contribution in [0, 0.1) is 5.92 Å². The van der Waals surface area contributed by atoms with E-state index in [0.29, 0.717) is 0 Å². The average molecular weight is 247 g/mol. The first-order valence-corrected chi connectivity index (χ1v) is 8.29. The van der Waals surface area contributed by atoms with Crippen LogP contribution in [0.15, 0.2) is 0 Å². The van der Waals surface area contributed by atoms with Crippen molar-refractivity contribution in [1.29, 1.82) is 0 Å². The van der Waals surface area contributed by atoms with Crippen LogP contribution in [-0.2, 0) is 9.84 Å². The van der Waals surface area contributed by atoms with Crippen molar-refractivity contribution >= 4 is 9.84 Å². The molecule has 0 spiro atoms. The predicted octanol–water partition coefficient (Wildman–Crippen LogP) is 1.98. The fourth-order valence-electron chi connectivity index (χ4n) is 2.47. The molecule has 0 bridgehead atoms. The zero-order valence-electron chi connectivity index (χ0n) is 10.7. The lowest BCUT2D eigenvalue weighted by atomic mass is 10.1. The molecule has 3 nitrogen and oxygen atoms in total. The summed E-state index contributed by atoms with van der Waals surface area (Å²) in [4.78, 5) is 0. The zero-order valence-corrected chi connectivity index (χ0v) is 11.5. The van der Waals surface area contributed by atoms with Gasteiger partial charge in [-0.2, -0.15) is 0 Å². The minimum atomic E-state index is -2.87. The predicted molar refractivity (Wildman–Crippen MR) is 68.3 cm³/mol. The Morgan fingerprint density at radius 2 is 2.00 bits per heavy atom. The standard InChI is InChI=1S/C12H25NO2S/c1-10(2)6-5-9-13-11-7-4-8-12(11)16(3,14)15/h10-13H,4-9H2,1-3H3. The molecule has 2 atom stereocenters. The third-order valence-corrected chi connectivity index (χ3v) is 5.03. The summed E-state index contributed by atoms with van der Waals surface area (Å²) >= 11 is 0. The molecule has 0 aromatic carbocycles. The van der Waals surface area contributed by atoms with E-state index in [1.54, 1.807) is 0 Å². The van der Waals surface area contributed by atoms with Gasteiger partial charge in [-0.05, 0) is 38.1 Å². The lowest BCUT2D eigenvalue weighted by Crippen LogP contribution is -2.40. The number of nitrogens with one attached hydrogen (secondary N) is 1. The number of hydrogen-bond acceptors (Lipinski definition) is 3. The molecule has 1 rings (SSSR count). The quantitative estimate of drug-likeness (QED) is 0.730. The monoisotopic (exact) mass is 247 g/mol. The van der Waals surface area contributed by atoms with Crippen molar-refractivity contribution in [2.24, 2.45) is 5.92 Å². The molecular weight excluding hydrogens is 222 g/mol. The molecule has 1 saturated carbocycles. The molecule has 0 saturated heterocycles. The van der Waals surface area contributed by atoms with Gasteiger partial charge in [0.1, 0.15) is 0 Å². The van der Waals surface area contributed by atoms with Crippen molar-refractivity contribution in [1.82, 2.24) is 5.32 Å². The highest BCUT2D eigenvalue weighted by Gasteiger charge is 2.33. The van der Waals surface area contributed by atoms with Crippen LogP contribution >= 0.6 is 0 Å². The largest absolute Gasteiger partial charge is 0.313 e. The maximum Gasteiger partial charge on any atom is 0.151 e. The van der Waals surface area contributed by atoms with E-state index in [1.165, 1.54) is 12.7 Å². The van der Waals surface area contributed by atoms with E-state index < -0.39 is 9.84 Å². The lowest BCUT2D eigenvalue weighted by Gasteiger charge is -2.19. The van der Waals surface area contributed by atoms with Crippen molar-refractivity contribution in [3.8, 4) is 0 Å². The smallest absolute Gasteiger partial charge is 0.151 e. The summed E-state index contributed by atoms with van der Waals surface area (Å²) in [6.45, 7) is 5.39. The molecule has 0 aromatic heterocycles. The summed E-state index contributed by atoms with van der Waals surface area (Å²) in [6.07, 6.45) is 6.61. The van der Waals surface area contributed by atoms with Gasteiger partial charge in [0.25, 0.3) is 0 Å². The highest BCUT2D eigenvalue weighted by molar-refractivity contribution is 7.91. The summed E-state index contributed by atoms with van der Waals surface area (Å²) in [5.74, 6) is 0.732. The molecule has 0 aromatic rings. The third-order valence-electron chi connectivity index (χ3n) is 3.37. The maximum absolute atomic E-state index is 11.5. The average Bonchev–Trinajstić information content (AvgIpc) is 2.59. The Bertz CT molecular complexity index is 298. The van der Waals surface area contributed by atoms with Crippen LogP contribution in [0.3, 0.4) is 0 Å². The molecule has 4 heteroatoms. The van der Waals surface area contributed by atoms with E-state index in [0.717, 1.165) is 38.1 Å². The summed E-state index contributed by atoms with van der Waals surface area (Å²) in [5, 5.41) is 3.27. The molecule has 0 amide bonds. The first-order chi connectivity index (χ1) is 7.41. The molecule has 2 unspecified atom stereocenters. The fraction of sp³-hybridized carbons (Fsp3) is 1.00. The normalized spacial score (nSPS) is 26.5. The summed E-state index contributed by atoms with van der Waals surface area (Å²) < 4.78 is 23.1. The summed E-state index contributed by atoms with van der Waals surface area (Å²) in [6, 6.07) is 0.196. The van der Waals surface area contributed by atoms with E-state index in [9.17, 15) is 8.42 Å². The zero-order chi connectivity index (χ0) is 12.2. The van der Waals surface area contributed by atoms with Gasteiger partial charge >= 0.3 is 0 Å². The first kappa shape index (κ1) is 14.0. The van der Waals surface area contributed by atoms with E-state index in [-0.39, 0.29) is 11.3 Å². The molecular formula is C12H25NO2S. The third kappa shape index (κ3) is 4.42. The van der Waals surface area contributed by atoms with Gasteiger partial charge in [-0.15, -0.1) is 0 Å². The van der Waals surface area contributed by atoms with Gasteiger partial charge in [-0.3, -0.25) is 0 Å².